The summed E-state index contributed by atoms with van der Waals surface area (Å²) in [6, 6.07) is 11.6. The minimum absolute atomic E-state index is 0.753. The molecule has 0 heterocycles. The summed E-state index contributed by atoms with van der Waals surface area (Å²) >= 11 is 2.13. The molecule has 1 aromatic carbocycles. The summed E-state index contributed by atoms with van der Waals surface area (Å²) < 4.78 is 0. The number of rotatable bonds is 6. The smallest absolute Gasteiger partial charge is 0.0204 e. The van der Waals surface area contributed by atoms with E-state index >= 15 is 0 Å². The predicted octanol–water partition coefficient (Wildman–Crippen LogP) is 3.84. The van der Waals surface area contributed by atoms with E-state index < -0.39 is 0 Å². The Hall–Kier alpha value is -0.470. The van der Waals surface area contributed by atoms with Gasteiger partial charge in [0.25, 0.3) is 0 Å². The number of hydrogen-bond donors (Lipinski definition) is 1. The molecule has 17 heavy (non-hydrogen) atoms. The number of benzene rings is 1. The molecular weight excluding hydrogens is 226 g/mol. The van der Waals surface area contributed by atoms with Gasteiger partial charge in [-0.2, -0.15) is 11.8 Å². The highest BCUT2D eigenvalue weighted by atomic mass is 32.2. The van der Waals surface area contributed by atoms with Gasteiger partial charge < -0.3 is 5.32 Å². The van der Waals surface area contributed by atoms with Crippen LogP contribution < -0.4 is 5.32 Å². The van der Waals surface area contributed by atoms with Crippen LogP contribution in [0, 0.1) is 0 Å². The molecule has 0 amide bonds. The van der Waals surface area contributed by atoms with E-state index in [4.69, 9.17) is 0 Å². The Balaban J connectivity index is 1.78. The van der Waals surface area contributed by atoms with Crippen LogP contribution in [0.4, 0.5) is 0 Å². The maximum Gasteiger partial charge on any atom is 0.0204 e. The lowest BCUT2D eigenvalue weighted by molar-refractivity contribution is 0.531. The van der Waals surface area contributed by atoms with Crippen molar-refractivity contribution in [3.63, 3.8) is 0 Å². The third-order valence-corrected chi connectivity index (χ3v) is 4.91. The Morgan fingerprint density at radius 2 is 2.06 bits per heavy atom. The van der Waals surface area contributed by atoms with Crippen LogP contribution in [0.3, 0.4) is 0 Å². The Labute approximate surface area is 109 Å². The fourth-order valence-corrected chi connectivity index (χ4v) is 3.86. The molecule has 0 saturated heterocycles. The van der Waals surface area contributed by atoms with E-state index in [-0.39, 0.29) is 0 Å². The van der Waals surface area contributed by atoms with Gasteiger partial charge in [-0.1, -0.05) is 43.7 Å². The van der Waals surface area contributed by atoms with Gasteiger partial charge in [0.05, 0.1) is 0 Å². The summed E-state index contributed by atoms with van der Waals surface area (Å²) in [5, 5.41) is 4.52. The lowest BCUT2D eigenvalue weighted by Crippen LogP contribution is -2.34. The summed E-state index contributed by atoms with van der Waals surface area (Å²) in [7, 11) is 0. The number of nitrogens with one attached hydrogen (secondary N) is 1. The Morgan fingerprint density at radius 1 is 1.24 bits per heavy atom. The van der Waals surface area contributed by atoms with E-state index in [0.717, 1.165) is 17.0 Å². The molecule has 1 aliphatic rings. The molecule has 1 aliphatic carbocycles. The monoisotopic (exact) mass is 249 g/mol. The van der Waals surface area contributed by atoms with Crippen LogP contribution in [0.1, 0.15) is 38.2 Å². The van der Waals surface area contributed by atoms with Crippen molar-refractivity contribution in [3.8, 4) is 0 Å². The van der Waals surface area contributed by atoms with Gasteiger partial charge in [-0.15, -0.1) is 0 Å². The van der Waals surface area contributed by atoms with Gasteiger partial charge in [0, 0.05) is 17.0 Å². The van der Waals surface area contributed by atoms with Gasteiger partial charge in [0.1, 0.15) is 0 Å². The Morgan fingerprint density at radius 3 is 2.82 bits per heavy atom. The van der Waals surface area contributed by atoms with Crippen molar-refractivity contribution in [2.24, 2.45) is 0 Å². The first-order valence-corrected chi connectivity index (χ1v) is 7.84. The van der Waals surface area contributed by atoms with Crippen molar-refractivity contribution < 1.29 is 0 Å². The molecule has 1 aromatic rings. The van der Waals surface area contributed by atoms with Crippen LogP contribution in [0.2, 0.25) is 0 Å². The molecule has 0 bridgehead atoms. The molecule has 2 rings (SSSR count). The first kappa shape index (κ1) is 13.0. The van der Waals surface area contributed by atoms with Crippen molar-refractivity contribution in [1.82, 2.24) is 5.32 Å². The Kier molecular flexibility index (Phi) is 5.40. The highest BCUT2D eigenvalue weighted by molar-refractivity contribution is 7.99. The minimum atomic E-state index is 0.753. The highest BCUT2D eigenvalue weighted by Crippen LogP contribution is 2.32. The van der Waals surface area contributed by atoms with Gasteiger partial charge in [-0.25, -0.2) is 0 Å². The molecule has 1 saturated carbocycles. The van der Waals surface area contributed by atoms with E-state index in [2.05, 4.69) is 54.3 Å². The molecule has 2 heteroatoms. The second kappa shape index (κ2) is 7.07. The van der Waals surface area contributed by atoms with Gasteiger partial charge >= 0.3 is 0 Å². The zero-order chi connectivity index (χ0) is 11.9. The first-order valence-electron chi connectivity index (χ1n) is 6.79. The lowest BCUT2D eigenvalue weighted by Gasteiger charge is -2.20. The van der Waals surface area contributed by atoms with Crippen molar-refractivity contribution in [2.45, 2.75) is 49.7 Å². The third kappa shape index (κ3) is 4.04. The van der Waals surface area contributed by atoms with Crippen LogP contribution in [-0.2, 0) is 5.75 Å². The normalized spacial score (nSPS) is 24.1. The van der Waals surface area contributed by atoms with Gasteiger partial charge in [0.15, 0.2) is 0 Å². The summed E-state index contributed by atoms with van der Waals surface area (Å²) in [4.78, 5) is 0. The molecule has 2 unspecified atom stereocenters. The Bertz CT molecular complexity index is 312. The van der Waals surface area contributed by atoms with Crippen LogP contribution in [-0.4, -0.2) is 17.8 Å². The average molecular weight is 249 g/mol. The van der Waals surface area contributed by atoms with Crippen molar-refractivity contribution in [1.29, 1.82) is 0 Å². The van der Waals surface area contributed by atoms with Crippen molar-refractivity contribution in [3.05, 3.63) is 35.9 Å². The maximum absolute atomic E-state index is 3.70. The minimum Gasteiger partial charge on any atom is -0.313 e. The quantitative estimate of drug-likeness (QED) is 0.822. The molecule has 0 radical (unpaired) electrons. The number of thioether (sulfide) groups is 1. The van der Waals surface area contributed by atoms with E-state index in [0.29, 0.717) is 0 Å². The standard InChI is InChI=1S/C15H23NS/c1-2-11-16-14-9-6-10-15(14)17-12-13-7-4-3-5-8-13/h3-5,7-8,14-16H,2,6,9-12H2,1H3. The summed E-state index contributed by atoms with van der Waals surface area (Å²) in [5.41, 5.74) is 1.46. The van der Waals surface area contributed by atoms with Crippen LogP contribution in [0.25, 0.3) is 0 Å². The summed E-state index contributed by atoms with van der Waals surface area (Å²) in [5.74, 6) is 1.16. The zero-order valence-electron chi connectivity index (χ0n) is 10.7. The maximum atomic E-state index is 3.70. The molecule has 0 spiro atoms. The molecule has 94 valence electrons. The van der Waals surface area contributed by atoms with E-state index in [1.54, 1.807) is 0 Å². The van der Waals surface area contributed by atoms with Gasteiger partial charge in [-0.3, -0.25) is 0 Å². The predicted molar refractivity (Wildman–Crippen MR) is 77.5 cm³/mol. The molecule has 1 fully saturated rings. The molecular formula is C15H23NS. The second-order valence-corrected chi connectivity index (χ2v) is 6.05. The van der Waals surface area contributed by atoms with Crippen LogP contribution in [0.5, 0.6) is 0 Å². The fourth-order valence-electron chi connectivity index (χ4n) is 2.47. The van der Waals surface area contributed by atoms with E-state index in [9.17, 15) is 0 Å². The third-order valence-electron chi connectivity index (χ3n) is 3.42. The van der Waals surface area contributed by atoms with Crippen molar-refractivity contribution >= 4 is 11.8 Å². The largest absolute Gasteiger partial charge is 0.313 e. The van der Waals surface area contributed by atoms with E-state index in [1.165, 1.54) is 37.8 Å². The molecule has 2 atom stereocenters. The second-order valence-electron chi connectivity index (χ2n) is 4.83. The summed E-state index contributed by atoms with van der Waals surface area (Å²) in [6.07, 6.45) is 5.39. The van der Waals surface area contributed by atoms with E-state index in [1.807, 2.05) is 0 Å². The van der Waals surface area contributed by atoms with Crippen molar-refractivity contribution in [2.75, 3.05) is 6.54 Å². The fraction of sp³-hybridized carbons (Fsp3) is 0.600. The average Bonchev–Trinajstić information content (AvgIpc) is 2.82. The topological polar surface area (TPSA) is 12.0 Å². The lowest BCUT2D eigenvalue weighted by atomic mass is 10.2. The molecule has 0 aromatic heterocycles. The zero-order valence-corrected chi connectivity index (χ0v) is 11.5. The number of hydrogen-bond acceptors (Lipinski definition) is 2. The molecule has 1 nitrogen and oxygen atoms in total. The SMILES string of the molecule is CCCNC1CCCC1SCc1ccccc1. The first-order chi connectivity index (χ1) is 8.40. The van der Waals surface area contributed by atoms with Gasteiger partial charge in [0.2, 0.25) is 0 Å². The molecule has 0 aliphatic heterocycles. The van der Waals surface area contributed by atoms with Gasteiger partial charge in [-0.05, 0) is 31.4 Å². The van der Waals surface area contributed by atoms with Crippen LogP contribution in [0.15, 0.2) is 30.3 Å². The van der Waals surface area contributed by atoms with Crippen LogP contribution >= 0.6 is 11.8 Å². The summed E-state index contributed by atoms with van der Waals surface area (Å²) in [6.45, 7) is 3.42. The molecule has 1 N–H and O–H groups in total. The highest BCUT2D eigenvalue weighted by Gasteiger charge is 2.26.